The second kappa shape index (κ2) is 5.71. The molecule has 0 bridgehead atoms. The molecule has 1 fully saturated rings. The highest BCUT2D eigenvalue weighted by Crippen LogP contribution is 2.31. The summed E-state index contributed by atoms with van der Waals surface area (Å²) in [6, 6.07) is 8.82. The Balaban J connectivity index is 2.08. The van der Waals surface area contributed by atoms with Gasteiger partial charge in [-0.3, -0.25) is 0 Å². The lowest BCUT2D eigenvalue weighted by atomic mass is 10.1. The molecule has 0 aliphatic heterocycles. The van der Waals surface area contributed by atoms with Gasteiger partial charge in [0.05, 0.1) is 0 Å². The van der Waals surface area contributed by atoms with Gasteiger partial charge in [-0.05, 0) is 43.0 Å². The first-order valence-corrected chi connectivity index (χ1v) is 6.48. The van der Waals surface area contributed by atoms with Crippen LogP contribution in [0.3, 0.4) is 0 Å². The maximum absolute atomic E-state index is 10.4. The molecule has 18 heavy (non-hydrogen) atoms. The van der Waals surface area contributed by atoms with Crippen LogP contribution in [0.1, 0.15) is 31.7 Å². The number of nitrogens with zero attached hydrogens (tertiary/aromatic N) is 1. The van der Waals surface area contributed by atoms with E-state index in [0.717, 1.165) is 18.5 Å². The summed E-state index contributed by atoms with van der Waals surface area (Å²) < 4.78 is 0. The van der Waals surface area contributed by atoms with Crippen LogP contribution < -0.4 is 4.90 Å². The van der Waals surface area contributed by atoms with Crippen molar-refractivity contribution in [1.29, 1.82) is 0 Å². The smallest absolute Gasteiger partial charge is 0.328 e. The Labute approximate surface area is 108 Å². The third-order valence-electron chi connectivity index (χ3n) is 3.10. The Kier molecular flexibility index (Phi) is 4.03. The van der Waals surface area contributed by atoms with Crippen molar-refractivity contribution in [3.63, 3.8) is 0 Å². The largest absolute Gasteiger partial charge is 0.478 e. The molecule has 0 atom stereocenters. The van der Waals surface area contributed by atoms with Crippen molar-refractivity contribution in [3.05, 3.63) is 35.9 Å². The molecular formula is C15H19NO2. The highest BCUT2D eigenvalue weighted by molar-refractivity contribution is 5.85. The van der Waals surface area contributed by atoms with Crippen LogP contribution >= 0.6 is 0 Å². The molecule has 1 N–H and O–H groups in total. The van der Waals surface area contributed by atoms with Crippen LogP contribution in [0.5, 0.6) is 0 Å². The lowest BCUT2D eigenvalue weighted by Gasteiger charge is -2.24. The first kappa shape index (κ1) is 12.7. The van der Waals surface area contributed by atoms with Gasteiger partial charge in [-0.25, -0.2) is 4.79 Å². The maximum atomic E-state index is 10.4. The van der Waals surface area contributed by atoms with Crippen molar-refractivity contribution >= 4 is 17.7 Å². The molecule has 1 aromatic rings. The van der Waals surface area contributed by atoms with Gasteiger partial charge >= 0.3 is 5.97 Å². The molecule has 0 amide bonds. The minimum Gasteiger partial charge on any atom is -0.478 e. The number of rotatable bonds is 6. The predicted octanol–water partition coefficient (Wildman–Crippen LogP) is 3.16. The standard InChI is InChI=1S/C15H19NO2/c1-2-11-16(14-8-9-14)13-6-3-12(4-7-13)5-10-15(17)18/h3-7,10,14H,2,8-9,11H2,1H3,(H,17,18)/b10-5+. The molecule has 0 radical (unpaired) electrons. The van der Waals surface area contributed by atoms with E-state index in [1.807, 2.05) is 12.1 Å². The predicted molar refractivity (Wildman–Crippen MR) is 73.8 cm³/mol. The molecule has 0 aromatic heterocycles. The molecule has 3 nitrogen and oxygen atoms in total. The van der Waals surface area contributed by atoms with Gasteiger partial charge in [-0.15, -0.1) is 0 Å². The van der Waals surface area contributed by atoms with E-state index in [1.165, 1.54) is 24.6 Å². The number of benzene rings is 1. The molecule has 1 aliphatic carbocycles. The summed E-state index contributed by atoms with van der Waals surface area (Å²) >= 11 is 0. The fraction of sp³-hybridized carbons (Fsp3) is 0.400. The van der Waals surface area contributed by atoms with Gasteiger partial charge in [0.1, 0.15) is 0 Å². The number of aliphatic carboxylic acids is 1. The van der Waals surface area contributed by atoms with Crippen molar-refractivity contribution < 1.29 is 9.90 Å². The van der Waals surface area contributed by atoms with Crippen LogP contribution in [0.4, 0.5) is 5.69 Å². The van der Waals surface area contributed by atoms with E-state index in [9.17, 15) is 4.79 Å². The molecule has 0 spiro atoms. The molecule has 2 rings (SSSR count). The Hall–Kier alpha value is -1.77. The Morgan fingerprint density at radius 3 is 2.56 bits per heavy atom. The zero-order valence-corrected chi connectivity index (χ0v) is 10.7. The van der Waals surface area contributed by atoms with Crippen LogP contribution in [0.25, 0.3) is 6.08 Å². The van der Waals surface area contributed by atoms with Crippen LogP contribution in [0.15, 0.2) is 30.3 Å². The van der Waals surface area contributed by atoms with Crippen molar-refractivity contribution in [2.24, 2.45) is 0 Å². The second-order valence-corrected chi connectivity index (χ2v) is 4.69. The molecule has 0 saturated heterocycles. The van der Waals surface area contributed by atoms with E-state index in [0.29, 0.717) is 6.04 Å². The first-order valence-electron chi connectivity index (χ1n) is 6.48. The number of hydrogen-bond acceptors (Lipinski definition) is 2. The van der Waals surface area contributed by atoms with Crippen LogP contribution in [0, 0.1) is 0 Å². The van der Waals surface area contributed by atoms with Crippen molar-refractivity contribution in [2.45, 2.75) is 32.2 Å². The topological polar surface area (TPSA) is 40.5 Å². The van der Waals surface area contributed by atoms with E-state index >= 15 is 0 Å². The summed E-state index contributed by atoms with van der Waals surface area (Å²) in [4.78, 5) is 12.9. The summed E-state index contributed by atoms with van der Waals surface area (Å²) in [5.74, 6) is -0.912. The van der Waals surface area contributed by atoms with E-state index < -0.39 is 5.97 Å². The normalized spacial score (nSPS) is 14.9. The van der Waals surface area contributed by atoms with E-state index in [-0.39, 0.29) is 0 Å². The number of carbonyl (C=O) groups is 1. The molecular weight excluding hydrogens is 226 g/mol. The molecule has 0 heterocycles. The van der Waals surface area contributed by atoms with Gasteiger partial charge in [0.2, 0.25) is 0 Å². The highest BCUT2D eigenvalue weighted by atomic mass is 16.4. The summed E-state index contributed by atoms with van der Waals surface area (Å²) in [5, 5.41) is 8.57. The average Bonchev–Trinajstić information content (AvgIpc) is 3.18. The lowest BCUT2D eigenvalue weighted by Crippen LogP contribution is -2.26. The molecule has 1 aromatic carbocycles. The zero-order valence-electron chi connectivity index (χ0n) is 10.7. The monoisotopic (exact) mass is 245 g/mol. The van der Waals surface area contributed by atoms with E-state index in [1.54, 1.807) is 6.08 Å². The average molecular weight is 245 g/mol. The Morgan fingerprint density at radius 2 is 2.06 bits per heavy atom. The minimum atomic E-state index is -0.912. The fourth-order valence-electron chi connectivity index (χ4n) is 2.09. The number of carboxylic acid groups (broad SMARTS) is 1. The van der Waals surface area contributed by atoms with Gasteiger partial charge in [0.25, 0.3) is 0 Å². The molecule has 3 heteroatoms. The highest BCUT2D eigenvalue weighted by Gasteiger charge is 2.28. The number of carboxylic acids is 1. The summed E-state index contributed by atoms with van der Waals surface area (Å²) in [6.07, 6.45) is 6.52. The van der Waals surface area contributed by atoms with Crippen LogP contribution in [-0.4, -0.2) is 23.7 Å². The Bertz CT molecular complexity index is 432. The molecule has 1 aliphatic rings. The maximum Gasteiger partial charge on any atom is 0.328 e. The van der Waals surface area contributed by atoms with Gasteiger partial charge in [0.15, 0.2) is 0 Å². The SMILES string of the molecule is CCCN(c1ccc(/C=C/C(=O)O)cc1)C1CC1. The third kappa shape index (κ3) is 3.36. The summed E-state index contributed by atoms with van der Waals surface area (Å²) in [5.41, 5.74) is 2.17. The van der Waals surface area contributed by atoms with Gasteiger partial charge in [-0.1, -0.05) is 19.1 Å². The van der Waals surface area contributed by atoms with Crippen molar-refractivity contribution in [2.75, 3.05) is 11.4 Å². The van der Waals surface area contributed by atoms with Crippen LogP contribution in [0.2, 0.25) is 0 Å². The summed E-state index contributed by atoms with van der Waals surface area (Å²) in [6.45, 7) is 3.29. The Morgan fingerprint density at radius 1 is 1.39 bits per heavy atom. The number of hydrogen-bond donors (Lipinski definition) is 1. The zero-order chi connectivity index (χ0) is 13.0. The van der Waals surface area contributed by atoms with Gasteiger partial charge in [-0.2, -0.15) is 0 Å². The molecule has 0 unspecified atom stereocenters. The number of anilines is 1. The fourth-order valence-corrected chi connectivity index (χ4v) is 2.09. The van der Waals surface area contributed by atoms with Crippen molar-refractivity contribution in [3.8, 4) is 0 Å². The molecule has 1 saturated carbocycles. The first-order chi connectivity index (χ1) is 8.70. The minimum absolute atomic E-state index is 0.713. The van der Waals surface area contributed by atoms with Gasteiger partial charge in [0, 0.05) is 24.4 Å². The van der Waals surface area contributed by atoms with E-state index in [2.05, 4.69) is 24.0 Å². The third-order valence-corrected chi connectivity index (χ3v) is 3.10. The molecule has 96 valence electrons. The van der Waals surface area contributed by atoms with Crippen molar-refractivity contribution in [1.82, 2.24) is 0 Å². The quantitative estimate of drug-likeness (QED) is 0.783. The van der Waals surface area contributed by atoms with E-state index in [4.69, 9.17) is 5.11 Å². The van der Waals surface area contributed by atoms with Crippen LogP contribution in [-0.2, 0) is 4.79 Å². The lowest BCUT2D eigenvalue weighted by molar-refractivity contribution is -0.131. The summed E-state index contributed by atoms with van der Waals surface area (Å²) in [7, 11) is 0. The second-order valence-electron chi connectivity index (χ2n) is 4.69. The van der Waals surface area contributed by atoms with Gasteiger partial charge < -0.3 is 10.0 Å².